The Kier molecular flexibility index (Phi) is 11.4. The van der Waals surface area contributed by atoms with Crippen LogP contribution in [0.3, 0.4) is 0 Å². The summed E-state index contributed by atoms with van der Waals surface area (Å²) in [7, 11) is 1.75. The number of carbonyl (C=O) groups is 1. The standard InChI is InChI=1S/C15H29N3O2.2ClH/c1-3-13-12-18(9-8-17(13)10-11-20-2)15(19)14-6-4-5-7-16-14;;/h13-14,16H,3-12H2,1-2H3;2*1H/t13?,14-;;/m1../s1. The lowest BCUT2D eigenvalue weighted by molar-refractivity contribution is -0.137. The zero-order chi connectivity index (χ0) is 14.4. The van der Waals surface area contributed by atoms with Crippen molar-refractivity contribution in [2.24, 2.45) is 0 Å². The molecule has 2 heterocycles. The maximum absolute atomic E-state index is 12.6. The molecule has 0 radical (unpaired) electrons. The minimum absolute atomic E-state index is 0. The first-order chi connectivity index (χ1) is 9.76. The molecule has 2 fully saturated rings. The van der Waals surface area contributed by atoms with Crippen LogP contribution in [0, 0.1) is 0 Å². The fourth-order valence-corrected chi connectivity index (χ4v) is 3.27. The van der Waals surface area contributed by atoms with Crippen molar-refractivity contribution >= 4 is 30.7 Å². The van der Waals surface area contributed by atoms with Crippen LogP contribution < -0.4 is 5.32 Å². The molecule has 0 bridgehead atoms. The predicted octanol–water partition coefficient (Wildman–Crippen LogP) is 1.54. The summed E-state index contributed by atoms with van der Waals surface area (Å²) < 4.78 is 5.17. The van der Waals surface area contributed by atoms with E-state index < -0.39 is 0 Å². The lowest BCUT2D eigenvalue weighted by atomic mass is 10.0. The number of methoxy groups -OCH3 is 1. The molecule has 22 heavy (non-hydrogen) atoms. The fourth-order valence-electron chi connectivity index (χ4n) is 3.27. The summed E-state index contributed by atoms with van der Waals surface area (Å²) in [5, 5.41) is 3.37. The maximum Gasteiger partial charge on any atom is 0.239 e. The minimum Gasteiger partial charge on any atom is -0.383 e. The summed E-state index contributed by atoms with van der Waals surface area (Å²) in [6.07, 6.45) is 4.46. The van der Waals surface area contributed by atoms with E-state index in [1.807, 2.05) is 0 Å². The number of halogens is 2. The number of amides is 1. The molecule has 2 aliphatic rings. The van der Waals surface area contributed by atoms with Crippen molar-refractivity contribution in [2.45, 2.75) is 44.7 Å². The average molecular weight is 356 g/mol. The molecule has 5 nitrogen and oxygen atoms in total. The van der Waals surface area contributed by atoms with Gasteiger partial charge in [0.05, 0.1) is 12.6 Å². The highest BCUT2D eigenvalue weighted by Gasteiger charge is 2.32. The molecular weight excluding hydrogens is 325 g/mol. The quantitative estimate of drug-likeness (QED) is 0.812. The second kappa shape index (κ2) is 11.5. The molecule has 0 aliphatic carbocycles. The highest BCUT2D eigenvalue weighted by atomic mass is 35.5. The maximum atomic E-state index is 12.6. The third kappa shape index (κ3) is 5.85. The van der Waals surface area contributed by atoms with Gasteiger partial charge in [-0.1, -0.05) is 13.3 Å². The monoisotopic (exact) mass is 355 g/mol. The molecule has 132 valence electrons. The molecule has 2 atom stereocenters. The molecule has 0 spiro atoms. The van der Waals surface area contributed by atoms with Crippen molar-refractivity contribution in [1.82, 2.24) is 15.1 Å². The zero-order valence-electron chi connectivity index (χ0n) is 13.8. The molecule has 2 aliphatic heterocycles. The molecule has 2 rings (SSSR count). The summed E-state index contributed by atoms with van der Waals surface area (Å²) in [4.78, 5) is 17.1. The number of hydrogen-bond donors (Lipinski definition) is 1. The van der Waals surface area contributed by atoms with Gasteiger partial charge in [0.1, 0.15) is 0 Å². The van der Waals surface area contributed by atoms with Gasteiger partial charge in [-0.25, -0.2) is 0 Å². The van der Waals surface area contributed by atoms with Crippen molar-refractivity contribution in [3.8, 4) is 0 Å². The van der Waals surface area contributed by atoms with Gasteiger partial charge in [0.15, 0.2) is 0 Å². The van der Waals surface area contributed by atoms with Crippen LogP contribution in [0.2, 0.25) is 0 Å². The van der Waals surface area contributed by atoms with Crippen molar-refractivity contribution in [1.29, 1.82) is 0 Å². The Hall–Kier alpha value is -0.0700. The Morgan fingerprint density at radius 2 is 2.05 bits per heavy atom. The van der Waals surface area contributed by atoms with Crippen molar-refractivity contribution < 1.29 is 9.53 Å². The van der Waals surface area contributed by atoms with E-state index in [-0.39, 0.29) is 30.9 Å². The van der Waals surface area contributed by atoms with Crippen LogP contribution in [0.25, 0.3) is 0 Å². The molecule has 1 unspecified atom stereocenters. The molecule has 0 aromatic carbocycles. The smallest absolute Gasteiger partial charge is 0.239 e. The average Bonchev–Trinajstić information content (AvgIpc) is 2.52. The van der Waals surface area contributed by atoms with Gasteiger partial charge in [-0.2, -0.15) is 0 Å². The first-order valence-electron chi connectivity index (χ1n) is 8.01. The van der Waals surface area contributed by atoms with E-state index in [9.17, 15) is 4.79 Å². The van der Waals surface area contributed by atoms with E-state index in [1.54, 1.807) is 7.11 Å². The Bertz CT molecular complexity index is 315. The number of nitrogens with one attached hydrogen (secondary N) is 1. The van der Waals surface area contributed by atoms with Crippen LogP contribution in [0.1, 0.15) is 32.6 Å². The summed E-state index contributed by atoms with van der Waals surface area (Å²) in [5.74, 6) is 0.314. The van der Waals surface area contributed by atoms with Crippen LogP contribution in [0.5, 0.6) is 0 Å². The zero-order valence-corrected chi connectivity index (χ0v) is 15.4. The fraction of sp³-hybridized carbons (Fsp3) is 0.933. The number of rotatable bonds is 5. The van der Waals surface area contributed by atoms with Crippen LogP contribution in [0.15, 0.2) is 0 Å². The van der Waals surface area contributed by atoms with E-state index >= 15 is 0 Å². The first kappa shape index (κ1) is 21.9. The van der Waals surface area contributed by atoms with Gasteiger partial charge in [-0.05, 0) is 25.8 Å². The van der Waals surface area contributed by atoms with E-state index in [0.717, 1.165) is 52.2 Å². The van der Waals surface area contributed by atoms with Crippen molar-refractivity contribution in [3.05, 3.63) is 0 Å². The van der Waals surface area contributed by atoms with E-state index in [4.69, 9.17) is 4.74 Å². The molecule has 1 N–H and O–H groups in total. The topological polar surface area (TPSA) is 44.8 Å². The molecular formula is C15H31Cl2N3O2. The van der Waals surface area contributed by atoms with Gasteiger partial charge in [-0.3, -0.25) is 9.69 Å². The predicted molar refractivity (Wildman–Crippen MR) is 94.2 cm³/mol. The SMILES string of the molecule is CCC1CN(C(=O)[C@H]2CCCCN2)CCN1CCOC.Cl.Cl. The third-order valence-electron chi connectivity index (χ3n) is 4.58. The molecule has 0 saturated carbocycles. The normalized spacial score (nSPS) is 26.0. The largest absolute Gasteiger partial charge is 0.383 e. The van der Waals surface area contributed by atoms with Gasteiger partial charge in [-0.15, -0.1) is 24.8 Å². The third-order valence-corrected chi connectivity index (χ3v) is 4.58. The van der Waals surface area contributed by atoms with Crippen LogP contribution in [-0.2, 0) is 9.53 Å². The highest BCUT2D eigenvalue weighted by molar-refractivity contribution is 5.85. The molecule has 7 heteroatoms. The molecule has 2 saturated heterocycles. The van der Waals surface area contributed by atoms with Crippen molar-refractivity contribution in [2.75, 3.05) is 46.4 Å². The number of nitrogens with zero attached hydrogens (tertiary/aromatic N) is 2. The minimum atomic E-state index is 0. The lowest BCUT2D eigenvalue weighted by Crippen LogP contribution is -2.58. The Morgan fingerprint density at radius 3 is 2.64 bits per heavy atom. The van der Waals surface area contributed by atoms with Gasteiger partial charge in [0, 0.05) is 39.3 Å². The first-order valence-corrected chi connectivity index (χ1v) is 8.01. The van der Waals surface area contributed by atoms with E-state index in [2.05, 4.69) is 22.0 Å². The van der Waals surface area contributed by atoms with E-state index in [0.29, 0.717) is 11.9 Å². The summed E-state index contributed by atoms with van der Waals surface area (Å²) in [6, 6.07) is 0.540. The van der Waals surface area contributed by atoms with Crippen molar-refractivity contribution in [3.63, 3.8) is 0 Å². The number of hydrogen-bond acceptors (Lipinski definition) is 4. The van der Waals surface area contributed by atoms with Crippen LogP contribution in [0.4, 0.5) is 0 Å². The number of piperidine rings is 1. The Morgan fingerprint density at radius 1 is 1.27 bits per heavy atom. The van der Waals surface area contributed by atoms with Gasteiger partial charge < -0.3 is 15.0 Å². The highest BCUT2D eigenvalue weighted by Crippen LogP contribution is 2.16. The molecule has 0 aromatic heterocycles. The number of piperazine rings is 1. The van der Waals surface area contributed by atoms with Crippen LogP contribution in [-0.4, -0.2) is 74.2 Å². The summed E-state index contributed by atoms with van der Waals surface area (Å²) in [5.41, 5.74) is 0. The summed E-state index contributed by atoms with van der Waals surface area (Å²) in [6.45, 7) is 7.64. The summed E-state index contributed by atoms with van der Waals surface area (Å²) >= 11 is 0. The van der Waals surface area contributed by atoms with Gasteiger partial charge in [0.25, 0.3) is 0 Å². The number of ether oxygens (including phenoxy) is 1. The second-order valence-electron chi connectivity index (χ2n) is 5.88. The Labute approximate surface area is 146 Å². The van der Waals surface area contributed by atoms with Gasteiger partial charge in [0.2, 0.25) is 5.91 Å². The van der Waals surface area contributed by atoms with Crippen LogP contribution >= 0.6 is 24.8 Å². The number of carbonyl (C=O) groups excluding carboxylic acids is 1. The molecule has 0 aromatic rings. The second-order valence-corrected chi connectivity index (χ2v) is 5.88. The Balaban J connectivity index is 0.00000220. The lowest BCUT2D eigenvalue weighted by Gasteiger charge is -2.42. The van der Waals surface area contributed by atoms with Gasteiger partial charge >= 0.3 is 0 Å². The molecule has 1 amide bonds. The van der Waals surface area contributed by atoms with E-state index in [1.165, 1.54) is 12.8 Å².